The second kappa shape index (κ2) is 9.03. The Balaban J connectivity index is 1.32. The molecule has 5 heteroatoms. The Morgan fingerprint density at radius 1 is 0.375 bits per heavy atom. The molecule has 4 aromatic heterocycles. The highest BCUT2D eigenvalue weighted by atomic mass is 14.9. The molecule has 0 spiro atoms. The largest absolute Gasteiger partial charge is 0.254 e. The predicted molar refractivity (Wildman–Crippen MR) is 162 cm³/mol. The molecule has 0 unspecified atom stereocenters. The Morgan fingerprint density at radius 3 is 1.90 bits per heavy atom. The summed E-state index contributed by atoms with van der Waals surface area (Å²) in [7, 11) is 0. The zero-order chi connectivity index (χ0) is 26.5. The normalized spacial score (nSPS) is 11.5. The van der Waals surface area contributed by atoms with Gasteiger partial charge < -0.3 is 0 Å². The molecule has 40 heavy (non-hydrogen) atoms. The van der Waals surface area contributed by atoms with Gasteiger partial charge in [-0.25, -0.2) is 19.9 Å². The zero-order valence-electron chi connectivity index (χ0n) is 21.4. The van der Waals surface area contributed by atoms with Crippen molar-refractivity contribution in [3.8, 4) is 34.0 Å². The van der Waals surface area contributed by atoms with Gasteiger partial charge in [-0.05, 0) is 53.2 Å². The Labute approximate surface area is 229 Å². The molecule has 0 amide bonds. The monoisotopic (exact) mass is 511 g/mol. The number of pyridine rings is 3. The molecular weight excluding hydrogens is 490 g/mol. The summed E-state index contributed by atoms with van der Waals surface area (Å²) < 4.78 is 0. The minimum absolute atomic E-state index is 0.740. The van der Waals surface area contributed by atoms with Gasteiger partial charge in [0, 0.05) is 22.5 Å². The molecule has 0 saturated carbocycles. The molecule has 8 rings (SSSR count). The summed E-state index contributed by atoms with van der Waals surface area (Å²) in [5.41, 5.74) is 8.27. The van der Waals surface area contributed by atoms with Crippen LogP contribution in [0.2, 0.25) is 0 Å². The molecule has 0 aliphatic carbocycles. The van der Waals surface area contributed by atoms with E-state index in [0.29, 0.717) is 0 Å². The van der Waals surface area contributed by atoms with Crippen LogP contribution in [0.1, 0.15) is 0 Å². The molecule has 0 aliphatic heterocycles. The summed E-state index contributed by atoms with van der Waals surface area (Å²) in [5, 5.41) is 4.45. The van der Waals surface area contributed by atoms with E-state index < -0.39 is 0 Å². The molecule has 186 valence electrons. The van der Waals surface area contributed by atoms with Crippen LogP contribution in [0, 0.1) is 0 Å². The number of benzene rings is 4. The number of hydrogen-bond donors (Lipinski definition) is 0. The molecule has 4 heterocycles. The number of rotatable bonds is 3. The average molecular weight is 512 g/mol. The van der Waals surface area contributed by atoms with E-state index in [-0.39, 0.29) is 0 Å². The van der Waals surface area contributed by atoms with Gasteiger partial charge in [-0.3, -0.25) is 4.98 Å². The van der Waals surface area contributed by atoms with Crippen LogP contribution in [0.3, 0.4) is 0 Å². The first kappa shape index (κ1) is 22.4. The molecule has 5 nitrogen and oxygen atoms in total. The van der Waals surface area contributed by atoms with Gasteiger partial charge in [0.1, 0.15) is 5.69 Å². The van der Waals surface area contributed by atoms with Crippen molar-refractivity contribution < 1.29 is 0 Å². The lowest BCUT2D eigenvalue weighted by molar-refractivity contribution is 1.22. The van der Waals surface area contributed by atoms with Crippen molar-refractivity contribution in [1.82, 2.24) is 24.9 Å². The third-order valence-electron chi connectivity index (χ3n) is 7.28. The number of para-hydroxylation sites is 2. The van der Waals surface area contributed by atoms with Crippen molar-refractivity contribution in [2.45, 2.75) is 0 Å². The van der Waals surface area contributed by atoms with Crippen LogP contribution in [0.5, 0.6) is 0 Å². The molecule has 0 radical (unpaired) electrons. The molecular formula is C35H21N5. The quantitative estimate of drug-likeness (QED) is 0.223. The van der Waals surface area contributed by atoms with Crippen LogP contribution >= 0.6 is 0 Å². The lowest BCUT2D eigenvalue weighted by Gasteiger charge is -2.12. The van der Waals surface area contributed by atoms with E-state index >= 15 is 0 Å². The lowest BCUT2D eigenvalue weighted by atomic mass is 10.0. The summed E-state index contributed by atoms with van der Waals surface area (Å²) in [5.74, 6) is 0. The zero-order valence-corrected chi connectivity index (χ0v) is 21.4. The smallest absolute Gasteiger partial charge is 0.116 e. The van der Waals surface area contributed by atoms with E-state index in [1.807, 2.05) is 60.8 Å². The minimum atomic E-state index is 0.740. The number of nitrogens with zero attached hydrogens (tertiary/aromatic N) is 5. The summed E-state index contributed by atoms with van der Waals surface area (Å²) >= 11 is 0. The molecule has 8 aromatic rings. The van der Waals surface area contributed by atoms with Gasteiger partial charge >= 0.3 is 0 Å². The van der Waals surface area contributed by atoms with Crippen LogP contribution in [0.4, 0.5) is 0 Å². The Morgan fingerprint density at radius 2 is 1.02 bits per heavy atom. The van der Waals surface area contributed by atoms with Crippen molar-refractivity contribution in [2.24, 2.45) is 0 Å². The van der Waals surface area contributed by atoms with Crippen molar-refractivity contribution in [2.75, 3.05) is 0 Å². The number of aromatic nitrogens is 5. The maximum absolute atomic E-state index is 5.08. The molecule has 0 N–H and O–H groups in total. The Bertz CT molecular complexity index is 2240. The molecule has 0 saturated heterocycles. The predicted octanol–water partition coefficient (Wildman–Crippen LogP) is 8.28. The number of hydrogen-bond acceptors (Lipinski definition) is 5. The highest BCUT2D eigenvalue weighted by molar-refractivity contribution is 6.03. The molecule has 0 bridgehead atoms. The van der Waals surface area contributed by atoms with Gasteiger partial charge in [-0.1, -0.05) is 78.9 Å². The van der Waals surface area contributed by atoms with Crippen molar-refractivity contribution in [3.63, 3.8) is 0 Å². The summed E-state index contributed by atoms with van der Waals surface area (Å²) in [6.45, 7) is 0. The van der Waals surface area contributed by atoms with Crippen LogP contribution < -0.4 is 0 Å². The van der Waals surface area contributed by atoms with Gasteiger partial charge in [0.25, 0.3) is 0 Å². The van der Waals surface area contributed by atoms with Crippen LogP contribution in [-0.2, 0) is 0 Å². The van der Waals surface area contributed by atoms with Crippen molar-refractivity contribution >= 4 is 43.6 Å². The second-order valence-electron chi connectivity index (χ2n) is 9.79. The summed E-state index contributed by atoms with van der Waals surface area (Å²) in [6.07, 6.45) is 1.81. The summed E-state index contributed by atoms with van der Waals surface area (Å²) in [4.78, 5) is 24.8. The molecule has 0 aliphatic rings. The Hall–Kier alpha value is -5.55. The minimum Gasteiger partial charge on any atom is -0.254 e. The fourth-order valence-corrected chi connectivity index (χ4v) is 5.29. The van der Waals surface area contributed by atoms with Gasteiger partial charge in [0.05, 0.1) is 44.8 Å². The maximum Gasteiger partial charge on any atom is 0.116 e. The topological polar surface area (TPSA) is 64.5 Å². The summed E-state index contributed by atoms with van der Waals surface area (Å²) in [6, 6.07) is 41.0. The maximum atomic E-state index is 5.08. The van der Waals surface area contributed by atoms with Gasteiger partial charge in [0.2, 0.25) is 0 Å². The van der Waals surface area contributed by atoms with E-state index in [2.05, 4.69) is 71.7 Å². The van der Waals surface area contributed by atoms with Crippen molar-refractivity contribution in [3.05, 3.63) is 128 Å². The van der Waals surface area contributed by atoms with E-state index in [1.54, 1.807) is 0 Å². The van der Waals surface area contributed by atoms with E-state index in [4.69, 9.17) is 19.9 Å². The lowest BCUT2D eigenvalue weighted by Crippen LogP contribution is -1.98. The van der Waals surface area contributed by atoms with E-state index in [1.165, 1.54) is 5.39 Å². The molecule has 0 atom stereocenters. The average Bonchev–Trinajstić information content (AvgIpc) is 3.03. The fourth-order valence-electron chi connectivity index (χ4n) is 5.29. The van der Waals surface area contributed by atoms with E-state index in [9.17, 15) is 0 Å². The van der Waals surface area contributed by atoms with Crippen LogP contribution in [-0.4, -0.2) is 24.9 Å². The number of fused-ring (bicyclic) bond motifs is 5. The first-order valence-corrected chi connectivity index (χ1v) is 13.2. The molecule has 0 fully saturated rings. The SMILES string of the molecule is c1cc(-c2ccc3ccc4cccnc4c3n2)nc(-c2nc3ccccc3nc2-c2ccc3ccccc3c2)c1. The third-order valence-corrected chi connectivity index (χ3v) is 7.28. The van der Waals surface area contributed by atoms with Gasteiger partial charge in [-0.2, -0.15) is 0 Å². The van der Waals surface area contributed by atoms with E-state index in [0.717, 1.165) is 72.3 Å². The first-order valence-electron chi connectivity index (χ1n) is 13.2. The standard InChI is InChI=1S/C35H21N5/c1-2-8-25-21-26(17-14-22(25)7-1)34-35(40-29-11-4-3-10-28(29)38-34)31-13-5-12-27(37-31)30-19-18-24-16-15-23-9-6-20-36-32(23)33(24)39-30/h1-21H. The third kappa shape index (κ3) is 3.76. The van der Waals surface area contributed by atoms with Crippen LogP contribution in [0.25, 0.3) is 77.6 Å². The Kier molecular flexibility index (Phi) is 5.07. The van der Waals surface area contributed by atoms with Gasteiger partial charge in [0.15, 0.2) is 0 Å². The highest BCUT2D eigenvalue weighted by Crippen LogP contribution is 2.33. The second-order valence-corrected chi connectivity index (χ2v) is 9.79. The first-order chi connectivity index (χ1) is 19.8. The van der Waals surface area contributed by atoms with Gasteiger partial charge in [-0.15, -0.1) is 0 Å². The van der Waals surface area contributed by atoms with Crippen LogP contribution in [0.15, 0.2) is 128 Å². The van der Waals surface area contributed by atoms with Crippen molar-refractivity contribution in [1.29, 1.82) is 0 Å². The fraction of sp³-hybridized carbons (Fsp3) is 0. The highest BCUT2D eigenvalue weighted by Gasteiger charge is 2.16. The molecule has 4 aromatic carbocycles.